The van der Waals surface area contributed by atoms with Crippen LogP contribution in [-0.2, 0) is 21.3 Å². The van der Waals surface area contributed by atoms with E-state index in [1.807, 2.05) is 6.92 Å². The molecule has 2 rings (SSSR count). The number of benzene rings is 1. The highest BCUT2D eigenvalue weighted by atomic mass is 35.5. The molecule has 1 aromatic rings. The molecule has 0 aromatic heterocycles. The van der Waals surface area contributed by atoms with Crippen molar-refractivity contribution in [3.05, 3.63) is 28.8 Å². The van der Waals surface area contributed by atoms with E-state index in [0.717, 1.165) is 12.0 Å². The van der Waals surface area contributed by atoms with E-state index in [4.69, 9.17) is 22.1 Å². The highest BCUT2D eigenvalue weighted by molar-refractivity contribution is 7.89. The van der Waals surface area contributed by atoms with E-state index in [1.54, 1.807) is 18.2 Å². The summed E-state index contributed by atoms with van der Waals surface area (Å²) in [6.07, 6.45) is 0.720. The van der Waals surface area contributed by atoms with Gasteiger partial charge in [-0.3, -0.25) is 0 Å². The predicted octanol–water partition coefficient (Wildman–Crippen LogP) is 1.60. The summed E-state index contributed by atoms with van der Waals surface area (Å²) < 4.78 is 32.3. The van der Waals surface area contributed by atoms with Gasteiger partial charge >= 0.3 is 0 Å². The lowest BCUT2D eigenvalue weighted by molar-refractivity contribution is -0.00277. The first-order valence-corrected chi connectivity index (χ1v) is 8.41. The van der Waals surface area contributed by atoms with Crippen molar-refractivity contribution in [3.8, 4) is 0 Å². The van der Waals surface area contributed by atoms with Crippen molar-refractivity contribution in [1.82, 2.24) is 4.31 Å². The number of rotatable bonds is 4. The molecule has 112 valence electrons. The smallest absolute Gasteiger partial charge is 0.244 e. The Morgan fingerprint density at radius 2 is 2.25 bits per heavy atom. The first kappa shape index (κ1) is 15.7. The Bertz CT molecular complexity index is 577. The second-order valence-electron chi connectivity index (χ2n) is 4.73. The van der Waals surface area contributed by atoms with E-state index >= 15 is 0 Å². The molecule has 5 nitrogen and oxygen atoms in total. The van der Waals surface area contributed by atoms with Crippen molar-refractivity contribution >= 4 is 21.6 Å². The van der Waals surface area contributed by atoms with Gasteiger partial charge < -0.3 is 10.5 Å². The van der Waals surface area contributed by atoms with Gasteiger partial charge in [0.2, 0.25) is 10.0 Å². The van der Waals surface area contributed by atoms with Crippen molar-refractivity contribution in [2.75, 3.05) is 19.7 Å². The van der Waals surface area contributed by atoms with Gasteiger partial charge in [-0.15, -0.1) is 0 Å². The van der Waals surface area contributed by atoms with Crippen LogP contribution in [0.1, 0.15) is 18.9 Å². The van der Waals surface area contributed by atoms with Crippen LogP contribution in [0.15, 0.2) is 23.1 Å². The molecule has 1 atom stereocenters. The fourth-order valence-corrected chi connectivity index (χ4v) is 4.15. The summed E-state index contributed by atoms with van der Waals surface area (Å²) in [6.45, 7) is 3.37. The SMILES string of the molecule is CCC1CN(S(=O)(=O)c2cc(CN)ccc2Cl)CCO1. The van der Waals surface area contributed by atoms with Gasteiger partial charge in [0.25, 0.3) is 0 Å². The highest BCUT2D eigenvalue weighted by Gasteiger charge is 2.31. The number of morpholine rings is 1. The molecular weight excluding hydrogens is 300 g/mol. The number of halogens is 1. The lowest BCUT2D eigenvalue weighted by Crippen LogP contribution is -2.45. The number of nitrogens with two attached hydrogens (primary N) is 1. The fourth-order valence-electron chi connectivity index (χ4n) is 2.17. The number of nitrogens with zero attached hydrogens (tertiary/aromatic N) is 1. The molecule has 0 bridgehead atoms. The third-order valence-electron chi connectivity index (χ3n) is 3.41. The average Bonchev–Trinajstić information content (AvgIpc) is 2.47. The summed E-state index contributed by atoms with van der Waals surface area (Å²) in [5, 5.41) is 0.224. The second kappa shape index (κ2) is 6.41. The third kappa shape index (κ3) is 3.15. The molecule has 7 heteroatoms. The number of sulfonamides is 1. The summed E-state index contributed by atoms with van der Waals surface area (Å²) in [5.74, 6) is 0. The lowest BCUT2D eigenvalue weighted by atomic mass is 10.2. The molecule has 0 saturated carbocycles. The van der Waals surface area contributed by atoms with Crippen molar-refractivity contribution in [2.45, 2.75) is 30.9 Å². The Hall–Kier alpha value is -0.660. The minimum Gasteiger partial charge on any atom is -0.375 e. The third-order valence-corrected chi connectivity index (χ3v) is 5.75. The maximum Gasteiger partial charge on any atom is 0.244 e. The van der Waals surface area contributed by atoms with Crippen molar-refractivity contribution < 1.29 is 13.2 Å². The molecule has 0 amide bonds. The molecule has 1 aromatic carbocycles. The molecule has 1 aliphatic rings. The Morgan fingerprint density at radius 3 is 2.90 bits per heavy atom. The minimum absolute atomic E-state index is 0.0602. The standard InChI is InChI=1S/C13H19ClN2O3S/c1-2-11-9-16(5-6-19-11)20(17,18)13-7-10(8-15)3-4-12(13)14/h3-4,7,11H,2,5-6,8-9,15H2,1H3. The molecule has 1 aliphatic heterocycles. The molecule has 1 heterocycles. The summed E-state index contributed by atoms with van der Waals surface area (Å²) in [5.41, 5.74) is 6.31. The largest absolute Gasteiger partial charge is 0.375 e. The van der Waals surface area contributed by atoms with E-state index in [0.29, 0.717) is 19.7 Å². The van der Waals surface area contributed by atoms with Crippen LogP contribution in [0.25, 0.3) is 0 Å². The molecule has 1 unspecified atom stereocenters. The Kier molecular flexibility index (Phi) is 5.04. The topological polar surface area (TPSA) is 72.6 Å². The monoisotopic (exact) mass is 318 g/mol. The van der Waals surface area contributed by atoms with Gasteiger partial charge in [0.1, 0.15) is 4.90 Å². The number of ether oxygens (including phenoxy) is 1. The van der Waals surface area contributed by atoms with Gasteiger partial charge in [-0.1, -0.05) is 24.6 Å². The maximum absolute atomic E-state index is 12.7. The Balaban J connectivity index is 2.34. The quantitative estimate of drug-likeness (QED) is 0.915. The predicted molar refractivity (Wildman–Crippen MR) is 78.1 cm³/mol. The maximum atomic E-state index is 12.7. The molecule has 0 radical (unpaired) electrons. The lowest BCUT2D eigenvalue weighted by Gasteiger charge is -2.31. The van der Waals surface area contributed by atoms with Gasteiger partial charge in [0, 0.05) is 19.6 Å². The van der Waals surface area contributed by atoms with Gasteiger partial charge in [-0.2, -0.15) is 4.31 Å². The molecule has 1 saturated heterocycles. The first-order valence-electron chi connectivity index (χ1n) is 6.59. The van der Waals surface area contributed by atoms with E-state index in [-0.39, 0.29) is 22.6 Å². The zero-order valence-electron chi connectivity index (χ0n) is 11.4. The van der Waals surface area contributed by atoms with E-state index in [9.17, 15) is 8.42 Å². The molecule has 0 spiro atoms. The molecule has 1 fully saturated rings. The van der Waals surface area contributed by atoms with Crippen LogP contribution >= 0.6 is 11.6 Å². The van der Waals surface area contributed by atoms with Crippen molar-refractivity contribution in [2.24, 2.45) is 5.73 Å². The summed E-state index contributed by atoms with van der Waals surface area (Å²) in [4.78, 5) is 0.124. The van der Waals surface area contributed by atoms with Crippen LogP contribution in [0.5, 0.6) is 0 Å². The zero-order valence-corrected chi connectivity index (χ0v) is 13.0. The van der Waals surface area contributed by atoms with E-state index in [2.05, 4.69) is 0 Å². The Morgan fingerprint density at radius 1 is 1.50 bits per heavy atom. The van der Waals surface area contributed by atoms with Crippen LogP contribution in [-0.4, -0.2) is 38.5 Å². The minimum atomic E-state index is -3.60. The van der Waals surface area contributed by atoms with Crippen LogP contribution in [0, 0.1) is 0 Å². The van der Waals surface area contributed by atoms with Crippen LogP contribution < -0.4 is 5.73 Å². The summed E-state index contributed by atoms with van der Waals surface area (Å²) >= 11 is 6.05. The normalized spacial score (nSPS) is 21.1. The number of hydrogen-bond donors (Lipinski definition) is 1. The molecular formula is C13H19ClN2O3S. The Labute approximate surface area is 124 Å². The number of hydrogen-bond acceptors (Lipinski definition) is 4. The van der Waals surface area contributed by atoms with Crippen LogP contribution in [0.4, 0.5) is 0 Å². The van der Waals surface area contributed by atoms with Crippen LogP contribution in [0.3, 0.4) is 0 Å². The zero-order chi connectivity index (χ0) is 14.8. The summed E-state index contributed by atoms with van der Waals surface area (Å²) in [6, 6.07) is 4.86. The second-order valence-corrected chi connectivity index (χ2v) is 7.05. The molecule has 2 N–H and O–H groups in total. The first-order chi connectivity index (χ1) is 9.48. The summed E-state index contributed by atoms with van der Waals surface area (Å²) in [7, 11) is -3.60. The van der Waals surface area contributed by atoms with Gasteiger partial charge in [-0.25, -0.2) is 8.42 Å². The van der Waals surface area contributed by atoms with E-state index < -0.39 is 10.0 Å². The fraction of sp³-hybridized carbons (Fsp3) is 0.538. The van der Waals surface area contributed by atoms with Gasteiger partial charge in [0.15, 0.2) is 0 Å². The highest BCUT2D eigenvalue weighted by Crippen LogP contribution is 2.27. The van der Waals surface area contributed by atoms with E-state index in [1.165, 1.54) is 4.31 Å². The molecule has 20 heavy (non-hydrogen) atoms. The van der Waals surface area contributed by atoms with Crippen molar-refractivity contribution in [3.63, 3.8) is 0 Å². The average molecular weight is 319 g/mol. The van der Waals surface area contributed by atoms with Gasteiger partial charge in [0.05, 0.1) is 17.7 Å². The molecule has 0 aliphatic carbocycles. The van der Waals surface area contributed by atoms with Crippen LogP contribution in [0.2, 0.25) is 5.02 Å². The van der Waals surface area contributed by atoms with Crippen molar-refractivity contribution in [1.29, 1.82) is 0 Å². The van der Waals surface area contributed by atoms with Gasteiger partial charge in [-0.05, 0) is 24.1 Å².